The van der Waals surface area contributed by atoms with Gasteiger partial charge in [0.05, 0.1) is 0 Å². The Bertz CT molecular complexity index is 1230. The smallest absolute Gasteiger partial charge is 0.247 e. The van der Waals surface area contributed by atoms with E-state index in [0.717, 1.165) is 28.2 Å². The van der Waals surface area contributed by atoms with Crippen LogP contribution in [0.5, 0.6) is 0 Å². The van der Waals surface area contributed by atoms with Crippen molar-refractivity contribution in [3.05, 3.63) is 70.5 Å². The first kappa shape index (κ1) is 27.7. The van der Waals surface area contributed by atoms with E-state index in [-0.39, 0.29) is 18.3 Å². The maximum atomic E-state index is 15.2. The van der Waals surface area contributed by atoms with Crippen molar-refractivity contribution >= 4 is 17.7 Å². The first-order chi connectivity index (χ1) is 17.8. The van der Waals surface area contributed by atoms with Crippen molar-refractivity contribution in [1.82, 2.24) is 15.5 Å². The first-order valence-electron chi connectivity index (χ1n) is 12.9. The molecule has 0 aromatic heterocycles. The number of benzene rings is 2. The highest BCUT2D eigenvalue weighted by Crippen LogP contribution is 2.36. The summed E-state index contributed by atoms with van der Waals surface area (Å²) in [5.74, 6) is -6.85. The molecule has 1 aliphatic carbocycles. The molecule has 0 saturated carbocycles. The number of carbonyl (C=O) groups is 3. The molecule has 2 N–H and O–H groups in total. The van der Waals surface area contributed by atoms with Gasteiger partial charge in [0, 0.05) is 11.1 Å². The molecular weight excluding hydrogens is 495 g/mol. The van der Waals surface area contributed by atoms with Crippen molar-refractivity contribution in [1.29, 1.82) is 0 Å². The minimum atomic E-state index is -1.74. The quantitative estimate of drug-likeness (QED) is 0.551. The van der Waals surface area contributed by atoms with Crippen LogP contribution < -0.4 is 10.6 Å². The third-order valence-electron chi connectivity index (χ3n) is 7.09. The van der Waals surface area contributed by atoms with Crippen molar-refractivity contribution in [2.24, 2.45) is 11.8 Å². The van der Waals surface area contributed by atoms with Gasteiger partial charge in [0.15, 0.2) is 17.5 Å². The lowest BCUT2D eigenvalue weighted by atomic mass is 9.87. The number of amides is 3. The van der Waals surface area contributed by atoms with E-state index in [0.29, 0.717) is 12.8 Å². The lowest BCUT2D eigenvalue weighted by molar-refractivity contribution is -0.158. The van der Waals surface area contributed by atoms with Gasteiger partial charge in [-0.15, -0.1) is 0 Å². The highest BCUT2D eigenvalue weighted by atomic mass is 19.2. The van der Waals surface area contributed by atoms with E-state index >= 15 is 4.39 Å². The Morgan fingerprint density at radius 1 is 1.03 bits per heavy atom. The van der Waals surface area contributed by atoms with Gasteiger partial charge in [-0.1, -0.05) is 44.2 Å². The van der Waals surface area contributed by atoms with Gasteiger partial charge < -0.3 is 15.5 Å². The lowest BCUT2D eigenvalue weighted by Gasteiger charge is -2.45. The number of nitrogens with one attached hydrogen (secondary N) is 2. The maximum Gasteiger partial charge on any atom is 0.247 e. The summed E-state index contributed by atoms with van der Waals surface area (Å²) in [4.78, 5) is 42.5. The summed E-state index contributed by atoms with van der Waals surface area (Å²) in [6, 6.07) is 5.70. The number of hydrogen-bond acceptors (Lipinski definition) is 3. The zero-order valence-electron chi connectivity index (χ0n) is 22.3. The molecule has 1 aliphatic heterocycles. The second-order valence-corrected chi connectivity index (χ2v) is 11.7. The van der Waals surface area contributed by atoms with Crippen LogP contribution in [0.2, 0.25) is 0 Å². The molecule has 2 aliphatic rings. The van der Waals surface area contributed by atoms with Gasteiger partial charge in [0.25, 0.3) is 0 Å². The van der Waals surface area contributed by atoms with Crippen LogP contribution in [-0.2, 0) is 27.2 Å². The van der Waals surface area contributed by atoms with Crippen LogP contribution in [0.25, 0.3) is 0 Å². The summed E-state index contributed by atoms with van der Waals surface area (Å²) in [5.41, 5.74) is 0.856. The zero-order chi connectivity index (χ0) is 27.9. The summed E-state index contributed by atoms with van der Waals surface area (Å²) < 4.78 is 43.5. The SMILES string of the molecule is CC(C)CC1C(=O)NC(C2Cc3ccccc3C2)C(=O)N1C(C(=O)NC(C)(C)C)c1ccc(F)c(F)c1F. The molecule has 0 bridgehead atoms. The molecule has 204 valence electrons. The third-order valence-corrected chi connectivity index (χ3v) is 7.09. The van der Waals surface area contributed by atoms with Crippen LogP contribution in [0.3, 0.4) is 0 Å². The van der Waals surface area contributed by atoms with Gasteiger partial charge in [-0.2, -0.15) is 0 Å². The van der Waals surface area contributed by atoms with Crippen molar-refractivity contribution in [2.45, 2.75) is 77.5 Å². The molecule has 4 rings (SSSR count). The Morgan fingerprint density at radius 3 is 2.18 bits per heavy atom. The predicted octanol–water partition coefficient (Wildman–Crippen LogP) is 4.22. The molecule has 0 spiro atoms. The molecule has 1 heterocycles. The van der Waals surface area contributed by atoms with Crippen molar-refractivity contribution < 1.29 is 27.6 Å². The van der Waals surface area contributed by atoms with Crippen LogP contribution in [0.15, 0.2) is 36.4 Å². The highest BCUT2D eigenvalue weighted by Gasteiger charge is 2.50. The fourth-order valence-corrected chi connectivity index (χ4v) is 5.48. The molecule has 1 fully saturated rings. The third kappa shape index (κ3) is 5.42. The summed E-state index contributed by atoms with van der Waals surface area (Å²) in [5, 5.41) is 5.60. The van der Waals surface area contributed by atoms with Crippen LogP contribution >= 0.6 is 0 Å². The Balaban J connectivity index is 1.82. The maximum absolute atomic E-state index is 15.2. The second kappa shape index (κ2) is 10.4. The van der Waals surface area contributed by atoms with Crippen LogP contribution in [-0.4, -0.2) is 40.2 Å². The largest absolute Gasteiger partial charge is 0.349 e. The Hall–Kier alpha value is -3.36. The van der Waals surface area contributed by atoms with Crippen molar-refractivity contribution in [3.63, 3.8) is 0 Å². The monoisotopic (exact) mass is 529 g/mol. The topological polar surface area (TPSA) is 78.5 Å². The molecule has 6 nitrogen and oxygen atoms in total. The fraction of sp³-hybridized carbons (Fsp3) is 0.483. The average molecular weight is 530 g/mol. The van der Waals surface area contributed by atoms with E-state index in [2.05, 4.69) is 10.6 Å². The molecule has 2 aromatic rings. The van der Waals surface area contributed by atoms with E-state index in [1.54, 1.807) is 20.8 Å². The van der Waals surface area contributed by atoms with Gasteiger partial charge in [-0.25, -0.2) is 13.2 Å². The van der Waals surface area contributed by atoms with Crippen LogP contribution in [0.1, 0.15) is 63.8 Å². The Labute approximate surface area is 221 Å². The summed E-state index contributed by atoms with van der Waals surface area (Å²) >= 11 is 0. The lowest BCUT2D eigenvalue weighted by Crippen LogP contribution is -2.67. The molecule has 1 saturated heterocycles. The average Bonchev–Trinajstić information content (AvgIpc) is 3.25. The minimum absolute atomic E-state index is 0.0607. The minimum Gasteiger partial charge on any atom is -0.349 e. The van der Waals surface area contributed by atoms with Gasteiger partial charge in [0.1, 0.15) is 18.1 Å². The molecule has 0 radical (unpaired) electrons. The number of fused-ring (bicyclic) bond motifs is 1. The van der Waals surface area contributed by atoms with Gasteiger partial charge >= 0.3 is 0 Å². The van der Waals surface area contributed by atoms with Gasteiger partial charge in [-0.3, -0.25) is 14.4 Å². The second-order valence-electron chi connectivity index (χ2n) is 11.7. The molecule has 3 amide bonds. The number of halogens is 3. The fourth-order valence-electron chi connectivity index (χ4n) is 5.48. The zero-order valence-corrected chi connectivity index (χ0v) is 22.3. The van der Waals surface area contributed by atoms with E-state index in [1.807, 2.05) is 38.1 Å². The van der Waals surface area contributed by atoms with Gasteiger partial charge in [-0.05, 0) is 69.1 Å². The Kier molecular flexibility index (Phi) is 7.59. The summed E-state index contributed by atoms with van der Waals surface area (Å²) in [6.45, 7) is 8.84. The summed E-state index contributed by atoms with van der Waals surface area (Å²) in [7, 11) is 0. The van der Waals surface area contributed by atoms with E-state index in [1.165, 1.54) is 0 Å². The van der Waals surface area contributed by atoms with E-state index in [9.17, 15) is 23.2 Å². The number of nitrogens with zero attached hydrogens (tertiary/aromatic N) is 1. The molecular formula is C29H34F3N3O3. The van der Waals surface area contributed by atoms with Gasteiger partial charge in [0.2, 0.25) is 17.7 Å². The molecule has 3 unspecified atom stereocenters. The molecule has 2 aromatic carbocycles. The standard InChI is InChI=1S/C29H34F3N3O3/c1-15(2)12-21-26(36)33-24(18-13-16-8-6-7-9-17(16)14-18)28(38)35(21)25(27(37)34-29(3,4)5)19-10-11-20(30)23(32)22(19)31/h6-11,15,18,21,24-25H,12-14H2,1-5H3,(H,33,36)(H,34,37). The Morgan fingerprint density at radius 2 is 1.63 bits per heavy atom. The summed E-state index contributed by atoms with van der Waals surface area (Å²) in [6.07, 6.45) is 1.29. The molecule has 9 heteroatoms. The highest BCUT2D eigenvalue weighted by molar-refractivity contribution is 6.00. The number of rotatable bonds is 6. The number of hydrogen-bond donors (Lipinski definition) is 2. The number of piperazine rings is 1. The first-order valence-corrected chi connectivity index (χ1v) is 12.9. The van der Waals surface area contributed by atoms with Crippen LogP contribution in [0, 0.1) is 29.3 Å². The molecule has 3 atom stereocenters. The number of carbonyl (C=O) groups excluding carboxylic acids is 3. The molecule has 38 heavy (non-hydrogen) atoms. The van der Waals surface area contributed by atoms with Crippen molar-refractivity contribution in [2.75, 3.05) is 0 Å². The van der Waals surface area contributed by atoms with Crippen molar-refractivity contribution in [3.8, 4) is 0 Å². The van der Waals surface area contributed by atoms with Crippen LogP contribution in [0.4, 0.5) is 13.2 Å². The predicted molar refractivity (Wildman–Crippen MR) is 136 cm³/mol. The van der Waals surface area contributed by atoms with E-state index < -0.39 is 64.4 Å². The van der Waals surface area contributed by atoms with E-state index in [4.69, 9.17) is 0 Å². The normalized spacial score (nSPS) is 20.9.